The second-order valence-electron chi connectivity index (χ2n) is 4.69. The van der Waals surface area contributed by atoms with Crippen LogP contribution in [-0.4, -0.2) is 8.07 Å². The van der Waals surface area contributed by atoms with Gasteiger partial charge in [-0.1, -0.05) is 25.7 Å². The predicted molar refractivity (Wildman–Crippen MR) is 74.2 cm³/mol. The fraction of sp³-hybridized carbons (Fsp3) is 0.250. The molecular weight excluding hydrogens is 294 g/mol. The van der Waals surface area contributed by atoms with E-state index in [1.165, 1.54) is 10.8 Å². The molecule has 0 saturated heterocycles. The maximum atomic E-state index is 4.86. The number of fused-ring (bicyclic) bond motifs is 1. The molecule has 16 heavy (non-hydrogen) atoms. The Bertz CT molecular complexity index is 412. The van der Waals surface area contributed by atoms with Gasteiger partial charge in [-0.25, -0.2) is 0 Å². The topological polar surface area (TPSA) is 0 Å². The van der Waals surface area contributed by atoms with E-state index in [0.717, 1.165) is 0 Å². The van der Waals surface area contributed by atoms with Crippen molar-refractivity contribution < 1.29 is 14.4 Å². The minimum atomic E-state index is -1.12. The Morgan fingerprint density at radius 1 is 1.12 bits per heavy atom. The van der Waals surface area contributed by atoms with Crippen LogP contribution in [0.4, 0.5) is 0 Å². The van der Waals surface area contributed by atoms with Crippen LogP contribution >= 0.6 is 19.7 Å². The van der Waals surface area contributed by atoms with Crippen LogP contribution in [0.3, 0.4) is 0 Å². The first-order chi connectivity index (χ1) is 7.49. The predicted octanol–water partition coefficient (Wildman–Crippen LogP) is 4.48. The zero-order valence-corrected chi connectivity index (χ0v) is 13.6. The Balaban J connectivity index is 0.000000386. The molecule has 0 fully saturated rings. The molecule has 2 aromatic carbocycles. The van der Waals surface area contributed by atoms with Crippen LogP contribution < -0.4 is 5.19 Å². The molecule has 0 spiro atoms. The van der Waals surface area contributed by atoms with Gasteiger partial charge in [0.15, 0.2) is 0 Å². The van der Waals surface area contributed by atoms with Crippen LogP contribution in [0.1, 0.15) is 0 Å². The fourth-order valence-corrected chi connectivity index (χ4v) is 2.76. The number of hydrogen-bond acceptors (Lipinski definition) is 0. The third kappa shape index (κ3) is 3.90. The second kappa shape index (κ2) is 6.23. The Labute approximate surface area is 114 Å². The van der Waals surface area contributed by atoms with Crippen LogP contribution in [0.2, 0.25) is 19.6 Å². The van der Waals surface area contributed by atoms with Crippen molar-refractivity contribution in [1.82, 2.24) is 0 Å². The molecule has 0 saturated carbocycles. The van der Waals surface area contributed by atoms with E-state index >= 15 is 0 Å². The molecule has 0 aliphatic heterocycles. The van der Waals surface area contributed by atoms with Gasteiger partial charge in [-0.2, -0.15) is 11.5 Å². The average Bonchev–Trinajstić information content (AvgIpc) is 2.61. The van der Waals surface area contributed by atoms with E-state index in [1.807, 2.05) is 0 Å². The molecule has 0 bridgehead atoms. The molecule has 0 amide bonds. The molecule has 87 valence electrons. The third-order valence-corrected chi connectivity index (χ3v) is 4.50. The van der Waals surface area contributed by atoms with Crippen LogP contribution in [0.15, 0.2) is 36.4 Å². The molecule has 2 aromatic rings. The summed E-state index contributed by atoms with van der Waals surface area (Å²) in [7, 11) is 8.60. The van der Waals surface area contributed by atoms with E-state index in [1.54, 1.807) is 5.19 Å². The van der Waals surface area contributed by atoms with Crippen molar-refractivity contribution in [2.45, 2.75) is 19.6 Å². The molecule has 0 aromatic heterocycles. The van der Waals surface area contributed by atoms with Gasteiger partial charge in [0.05, 0.1) is 8.07 Å². The summed E-state index contributed by atoms with van der Waals surface area (Å²) in [6, 6.07) is 13.3. The number of benzene rings is 1. The van der Waals surface area contributed by atoms with Crippen LogP contribution in [-0.2, 0) is 14.4 Å². The van der Waals surface area contributed by atoms with E-state index in [2.05, 4.69) is 56.0 Å². The van der Waals surface area contributed by atoms with Crippen molar-refractivity contribution in [3.63, 3.8) is 0 Å². The second-order valence-corrected chi connectivity index (χ2v) is 12.1. The first kappa shape index (κ1) is 14.3. The standard InChI is InChI=1S/C12H15Si.2ClH.V/c1-13(2,3)12-8-10-6-4-5-7-11(10)9-12;;;/h4-9H,1-3H3;2*1H;/q-1;;;+2/p-2. The van der Waals surface area contributed by atoms with Gasteiger partial charge < -0.3 is 0 Å². The maximum absolute atomic E-state index is 4.86. The monoisotopic (exact) mass is 308 g/mol. The number of halogens is 2. The number of rotatable bonds is 1. The quantitative estimate of drug-likeness (QED) is 0.538. The Hall–Kier alpha value is 0.211. The van der Waals surface area contributed by atoms with Crippen molar-refractivity contribution in [3.8, 4) is 0 Å². The SMILES string of the molecule is C[Si](C)(C)c1cc2ccccc2[cH-]1.[Cl][V][Cl]. The molecule has 0 unspecified atom stereocenters. The van der Waals surface area contributed by atoms with E-state index in [-0.39, 0.29) is 14.4 Å². The van der Waals surface area contributed by atoms with Crippen molar-refractivity contribution in [2.75, 3.05) is 0 Å². The van der Waals surface area contributed by atoms with Gasteiger partial charge in [-0.05, 0) is 0 Å². The van der Waals surface area contributed by atoms with E-state index < -0.39 is 8.07 Å². The summed E-state index contributed by atoms with van der Waals surface area (Å²) in [6.07, 6.45) is 0. The van der Waals surface area contributed by atoms with Crippen molar-refractivity contribution in [2.24, 2.45) is 0 Å². The average molecular weight is 309 g/mol. The summed E-state index contributed by atoms with van der Waals surface area (Å²) in [4.78, 5) is 0. The van der Waals surface area contributed by atoms with Gasteiger partial charge >= 0.3 is 34.1 Å². The van der Waals surface area contributed by atoms with Crippen molar-refractivity contribution >= 4 is 43.7 Å². The minimum absolute atomic E-state index is 0.368. The molecule has 0 aliphatic carbocycles. The first-order valence-electron chi connectivity index (χ1n) is 5.07. The summed E-state index contributed by atoms with van der Waals surface area (Å²) in [6.45, 7) is 7.17. The van der Waals surface area contributed by atoms with Gasteiger partial charge in [0.2, 0.25) is 0 Å². The molecule has 2 rings (SSSR count). The summed E-state index contributed by atoms with van der Waals surface area (Å²) in [5, 5.41) is 4.34. The van der Waals surface area contributed by atoms with Crippen molar-refractivity contribution in [3.05, 3.63) is 36.4 Å². The molecular formula is C12H15Cl2SiV-. The van der Waals surface area contributed by atoms with Crippen LogP contribution in [0.5, 0.6) is 0 Å². The number of hydrogen-bond donors (Lipinski definition) is 0. The van der Waals surface area contributed by atoms with E-state index in [9.17, 15) is 0 Å². The Morgan fingerprint density at radius 3 is 2.19 bits per heavy atom. The zero-order chi connectivity index (χ0) is 12.2. The molecule has 0 radical (unpaired) electrons. The third-order valence-electron chi connectivity index (χ3n) is 2.48. The van der Waals surface area contributed by atoms with Crippen molar-refractivity contribution in [1.29, 1.82) is 0 Å². The van der Waals surface area contributed by atoms with Gasteiger partial charge in [0.25, 0.3) is 0 Å². The van der Waals surface area contributed by atoms with Gasteiger partial charge in [-0.15, -0.1) is 34.8 Å². The summed E-state index contributed by atoms with van der Waals surface area (Å²) < 4.78 is 0. The Morgan fingerprint density at radius 2 is 1.69 bits per heavy atom. The first-order valence-corrected chi connectivity index (χ1v) is 12.4. The Kier molecular flexibility index (Phi) is 5.55. The van der Waals surface area contributed by atoms with Gasteiger partial charge in [0, 0.05) is 0 Å². The molecule has 4 heteroatoms. The summed E-state index contributed by atoms with van der Waals surface area (Å²) in [5.41, 5.74) is 0. The molecule has 0 aliphatic rings. The molecule has 0 heterocycles. The van der Waals surface area contributed by atoms with Gasteiger partial charge in [0.1, 0.15) is 0 Å². The van der Waals surface area contributed by atoms with Crippen LogP contribution in [0.25, 0.3) is 10.8 Å². The molecule has 0 N–H and O–H groups in total. The van der Waals surface area contributed by atoms with Gasteiger partial charge in [-0.3, -0.25) is 0 Å². The van der Waals surface area contributed by atoms with Crippen LogP contribution in [0, 0.1) is 0 Å². The summed E-state index contributed by atoms with van der Waals surface area (Å²) >= 11 is -0.368. The zero-order valence-electron chi connectivity index (χ0n) is 9.67. The molecule has 0 nitrogen and oxygen atoms in total. The molecule has 0 atom stereocenters. The van der Waals surface area contributed by atoms with E-state index in [4.69, 9.17) is 19.7 Å². The normalized spacial score (nSPS) is 10.8. The fourth-order valence-electron chi connectivity index (χ4n) is 1.58. The van der Waals surface area contributed by atoms with E-state index in [0.29, 0.717) is 0 Å². The summed E-state index contributed by atoms with van der Waals surface area (Å²) in [5.74, 6) is 0.